The van der Waals surface area contributed by atoms with Gasteiger partial charge in [0, 0.05) is 23.5 Å². The van der Waals surface area contributed by atoms with E-state index in [0.717, 1.165) is 16.5 Å². The molecular weight excluding hydrogens is 254 g/mol. The van der Waals surface area contributed by atoms with E-state index in [4.69, 9.17) is 0 Å². The summed E-state index contributed by atoms with van der Waals surface area (Å²) in [6, 6.07) is 7.80. The molecule has 5 nitrogen and oxygen atoms in total. The Balaban J connectivity index is 1.90. The Hall–Kier alpha value is -2.30. The van der Waals surface area contributed by atoms with Crippen molar-refractivity contribution in [2.45, 2.75) is 26.7 Å². The van der Waals surface area contributed by atoms with Gasteiger partial charge in [0.2, 0.25) is 11.8 Å². The molecule has 0 bridgehead atoms. The van der Waals surface area contributed by atoms with E-state index in [0.29, 0.717) is 6.42 Å². The fourth-order valence-corrected chi connectivity index (χ4v) is 2.06. The van der Waals surface area contributed by atoms with E-state index < -0.39 is 0 Å². The molecule has 0 spiro atoms. The highest BCUT2D eigenvalue weighted by Gasteiger charge is 2.10. The maximum Gasteiger partial charge on any atom is 0.242 e. The van der Waals surface area contributed by atoms with Crippen LogP contribution in [0.3, 0.4) is 0 Å². The number of aromatic amines is 1. The Morgan fingerprint density at radius 3 is 2.60 bits per heavy atom. The molecule has 0 radical (unpaired) electrons. The molecule has 0 saturated carbocycles. The maximum absolute atomic E-state index is 11.8. The van der Waals surface area contributed by atoms with Crippen LogP contribution >= 0.6 is 0 Å². The van der Waals surface area contributed by atoms with Crippen LogP contribution in [0.4, 0.5) is 0 Å². The van der Waals surface area contributed by atoms with Crippen molar-refractivity contribution in [3.8, 4) is 0 Å². The van der Waals surface area contributed by atoms with Gasteiger partial charge in [0.1, 0.15) is 0 Å². The van der Waals surface area contributed by atoms with E-state index in [2.05, 4.69) is 15.8 Å². The lowest BCUT2D eigenvalue weighted by Crippen LogP contribution is -2.42. The summed E-state index contributed by atoms with van der Waals surface area (Å²) >= 11 is 0. The second-order valence-corrected chi connectivity index (χ2v) is 5.23. The Morgan fingerprint density at radius 2 is 1.85 bits per heavy atom. The van der Waals surface area contributed by atoms with Gasteiger partial charge in [-0.1, -0.05) is 32.0 Å². The third-order valence-corrected chi connectivity index (χ3v) is 2.96. The average Bonchev–Trinajstić information content (AvgIpc) is 2.79. The van der Waals surface area contributed by atoms with Gasteiger partial charge in [-0.15, -0.1) is 0 Å². The Kier molecular flexibility index (Phi) is 4.40. The largest absolute Gasteiger partial charge is 0.361 e. The highest BCUT2D eigenvalue weighted by molar-refractivity contribution is 5.89. The second-order valence-electron chi connectivity index (χ2n) is 5.23. The first-order chi connectivity index (χ1) is 9.56. The van der Waals surface area contributed by atoms with E-state index in [-0.39, 0.29) is 24.2 Å². The zero-order valence-electron chi connectivity index (χ0n) is 11.7. The molecule has 0 unspecified atom stereocenters. The number of amides is 2. The number of hydrogen-bond donors (Lipinski definition) is 3. The van der Waals surface area contributed by atoms with Crippen LogP contribution in [0.5, 0.6) is 0 Å². The molecular formula is C15H19N3O2. The molecule has 0 atom stereocenters. The highest BCUT2D eigenvalue weighted by Crippen LogP contribution is 2.17. The molecule has 0 aliphatic rings. The van der Waals surface area contributed by atoms with Crippen LogP contribution in [0.1, 0.15) is 25.8 Å². The number of carbonyl (C=O) groups is 2. The van der Waals surface area contributed by atoms with Gasteiger partial charge in [-0.05, 0) is 17.5 Å². The minimum Gasteiger partial charge on any atom is -0.361 e. The molecule has 0 aliphatic carbocycles. The van der Waals surface area contributed by atoms with Crippen molar-refractivity contribution in [1.29, 1.82) is 0 Å². The standard InChI is InChI=1S/C15H19N3O2/c1-10(2)7-14(19)17-18-15(20)8-11-9-16-13-6-4-3-5-12(11)13/h3-6,9-10,16H,7-8H2,1-2H3,(H,17,19)(H,18,20). The first-order valence-electron chi connectivity index (χ1n) is 6.69. The highest BCUT2D eigenvalue weighted by atomic mass is 16.2. The molecule has 0 aliphatic heterocycles. The van der Waals surface area contributed by atoms with E-state index in [1.54, 1.807) is 0 Å². The summed E-state index contributed by atoms with van der Waals surface area (Å²) in [5, 5.41) is 1.02. The number of para-hydroxylation sites is 1. The number of hydrogen-bond acceptors (Lipinski definition) is 2. The maximum atomic E-state index is 11.8. The summed E-state index contributed by atoms with van der Waals surface area (Å²) in [6.07, 6.45) is 2.44. The van der Waals surface area contributed by atoms with Crippen molar-refractivity contribution in [3.05, 3.63) is 36.0 Å². The number of rotatable bonds is 4. The number of fused-ring (bicyclic) bond motifs is 1. The minimum atomic E-state index is -0.230. The summed E-state index contributed by atoms with van der Waals surface area (Å²) < 4.78 is 0. The molecule has 20 heavy (non-hydrogen) atoms. The fourth-order valence-electron chi connectivity index (χ4n) is 2.06. The smallest absolute Gasteiger partial charge is 0.242 e. The summed E-state index contributed by atoms with van der Waals surface area (Å²) in [6.45, 7) is 3.90. The lowest BCUT2D eigenvalue weighted by molar-refractivity contribution is -0.129. The Labute approximate surface area is 117 Å². The molecule has 2 rings (SSSR count). The second kappa shape index (κ2) is 6.23. The molecule has 2 aromatic rings. The summed E-state index contributed by atoms with van der Waals surface area (Å²) in [5.41, 5.74) is 6.78. The summed E-state index contributed by atoms with van der Waals surface area (Å²) in [5.74, 6) is -0.139. The molecule has 106 valence electrons. The summed E-state index contributed by atoms with van der Waals surface area (Å²) in [7, 11) is 0. The van der Waals surface area contributed by atoms with Gasteiger partial charge in [-0.3, -0.25) is 20.4 Å². The predicted molar refractivity (Wildman–Crippen MR) is 77.7 cm³/mol. The van der Waals surface area contributed by atoms with E-state index >= 15 is 0 Å². The number of hydrazine groups is 1. The van der Waals surface area contributed by atoms with Crippen LogP contribution < -0.4 is 10.9 Å². The van der Waals surface area contributed by atoms with Gasteiger partial charge in [0.15, 0.2) is 0 Å². The topological polar surface area (TPSA) is 74.0 Å². The van der Waals surface area contributed by atoms with Gasteiger partial charge < -0.3 is 4.98 Å². The minimum absolute atomic E-state index is 0.174. The van der Waals surface area contributed by atoms with Crippen LogP contribution in [0.15, 0.2) is 30.5 Å². The summed E-state index contributed by atoms with van der Waals surface area (Å²) in [4.78, 5) is 26.4. The molecule has 1 aromatic carbocycles. The van der Waals surface area contributed by atoms with E-state index in [1.165, 1.54) is 0 Å². The Morgan fingerprint density at radius 1 is 1.15 bits per heavy atom. The van der Waals surface area contributed by atoms with Gasteiger partial charge >= 0.3 is 0 Å². The third kappa shape index (κ3) is 3.60. The molecule has 2 amide bonds. The van der Waals surface area contributed by atoms with Gasteiger partial charge in [-0.2, -0.15) is 0 Å². The Bertz CT molecular complexity index is 616. The van der Waals surface area contributed by atoms with Crippen molar-refractivity contribution < 1.29 is 9.59 Å². The molecule has 0 fully saturated rings. The van der Waals surface area contributed by atoms with Crippen molar-refractivity contribution in [3.63, 3.8) is 0 Å². The van der Waals surface area contributed by atoms with Crippen LogP contribution in [0.2, 0.25) is 0 Å². The first-order valence-corrected chi connectivity index (χ1v) is 6.69. The number of H-pyrrole nitrogens is 1. The SMILES string of the molecule is CC(C)CC(=O)NNC(=O)Cc1c[nH]c2ccccc12. The molecule has 1 aromatic heterocycles. The monoisotopic (exact) mass is 273 g/mol. The van der Waals surface area contributed by atoms with Crippen molar-refractivity contribution in [2.75, 3.05) is 0 Å². The van der Waals surface area contributed by atoms with Crippen LogP contribution in [0, 0.1) is 5.92 Å². The predicted octanol–water partition coefficient (Wildman–Crippen LogP) is 1.90. The number of carbonyl (C=O) groups excluding carboxylic acids is 2. The first kappa shape index (κ1) is 14.1. The quantitative estimate of drug-likeness (QED) is 0.744. The third-order valence-electron chi connectivity index (χ3n) is 2.96. The lowest BCUT2D eigenvalue weighted by Gasteiger charge is -2.08. The zero-order chi connectivity index (χ0) is 14.5. The zero-order valence-corrected chi connectivity index (χ0v) is 11.7. The molecule has 1 heterocycles. The van der Waals surface area contributed by atoms with Crippen LogP contribution in [-0.2, 0) is 16.0 Å². The van der Waals surface area contributed by atoms with Gasteiger partial charge in [-0.25, -0.2) is 0 Å². The van der Waals surface area contributed by atoms with Crippen molar-refractivity contribution in [1.82, 2.24) is 15.8 Å². The average molecular weight is 273 g/mol. The number of benzene rings is 1. The normalized spacial score (nSPS) is 10.8. The van der Waals surface area contributed by atoms with Gasteiger partial charge in [0.25, 0.3) is 0 Å². The van der Waals surface area contributed by atoms with Crippen LogP contribution in [-0.4, -0.2) is 16.8 Å². The molecule has 5 heteroatoms. The molecule has 0 saturated heterocycles. The number of aromatic nitrogens is 1. The van der Waals surface area contributed by atoms with Crippen molar-refractivity contribution >= 4 is 22.7 Å². The lowest BCUT2D eigenvalue weighted by atomic mass is 10.1. The van der Waals surface area contributed by atoms with E-state index in [1.807, 2.05) is 44.3 Å². The fraction of sp³-hybridized carbons (Fsp3) is 0.333. The number of nitrogens with one attached hydrogen (secondary N) is 3. The van der Waals surface area contributed by atoms with Gasteiger partial charge in [0.05, 0.1) is 6.42 Å². The van der Waals surface area contributed by atoms with Crippen LogP contribution in [0.25, 0.3) is 10.9 Å². The van der Waals surface area contributed by atoms with E-state index in [9.17, 15) is 9.59 Å². The van der Waals surface area contributed by atoms with Crippen molar-refractivity contribution in [2.24, 2.45) is 5.92 Å². The molecule has 3 N–H and O–H groups in total.